The Morgan fingerprint density at radius 3 is 2.62 bits per heavy atom. The van der Waals surface area contributed by atoms with E-state index >= 15 is 0 Å². The quantitative estimate of drug-likeness (QED) is 0.775. The molecular formula is C13H7ClF3NO3. The molecule has 4 nitrogen and oxygen atoms in total. The van der Waals surface area contributed by atoms with E-state index < -0.39 is 11.7 Å². The number of fused-ring (bicyclic) bond motifs is 1. The molecule has 0 radical (unpaired) electrons. The highest BCUT2D eigenvalue weighted by atomic mass is 35.5. The molecule has 0 atom stereocenters. The van der Waals surface area contributed by atoms with E-state index in [1.807, 2.05) is 0 Å². The number of alkyl halides is 3. The summed E-state index contributed by atoms with van der Waals surface area (Å²) in [5, 5.41) is -0.305. The lowest BCUT2D eigenvalue weighted by molar-refractivity contribution is -0.137. The molecular weight excluding hydrogens is 311 g/mol. The van der Waals surface area contributed by atoms with E-state index in [0.29, 0.717) is 11.5 Å². The minimum Gasteiger partial charge on any atom is -0.454 e. The van der Waals surface area contributed by atoms with Gasteiger partial charge in [-0.3, -0.25) is 0 Å². The first kappa shape index (κ1) is 13.8. The highest BCUT2D eigenvalue weighted by Crippen LogP contribution is 2.37. The van der Waals surface area contributed by atoms with Crippen molar-refractivity contribution in [2.24, 2.45) is 0 Å². The molecule has 0 saturated carbocycles. The first-order valence-electron chi connectivity index (χ1n) is 5.74. The van der Waals surface area contributed by atoms with Crippen molar-refractivity contribution >= 4 is 11.6 Å². The number of aromatic nitrogens is 1. The molecule has 110 valence electrons. The van der Waals surface area contributed by atoms with Crippen LogP contribution in [-0.4, -0.2) is 11.8 Å². The van der Waals surface area contributed by atoms with Gasteiger partial charge in [0.05, 0.1) is 5.56 Å². The normalized spacial score (nSPS) is 13.3. The molecule has 1 aliphatic heterocycles. The lowest BCUT2D eigenvalue weighted by Gasteiger charge is -2.10. The Labute approximate surface area is 122 Å². The Morgan fingerprint density at radius 1 is 1.10 bits per heavy atom. The molecule has 0 amide bonds. The fourth-order valence-electron chi connectivity index (χ4n) is 1.75. The van der Waals surface area contributed by atoms with Gasteiger partial charge in [0.1, 0.15) is 10.9 Å². The van der Waals surface area contributed by atoms with Crippen LogP contribution in [0.25, 0.3) is 0 Å². The topological polar surface area (TPSA) is 40.6 Å². The lowest BCUT2D eigenvalue weighted by Crippen LogP contribution is -2.05. The van der Waals surface area contributed by atoms with Crippen molar-refractivity contribution in [1.29, 1.82) is 0 Å². The van der Waals surface area contributed by atoms with Gasteiger partial charge in [0.25, 0.3) is 0 Å². The zero-order chi connectivity index (χ0) is 15.0. The first-order chi connectivity index (χ1) is 9.91. The van der Waals surface area contributed by atoms with Crippen molar-refractivity contribution in [1.82, 2.24) is 4.98 Å². The maximum atomic E-state index is 12.7. The molecule has 0 unspecified atom stereocenters. The summed E-state index contributed by atoms with van der Waals surface area (Å²) in [4.78, 5) is 3.71. The summed E-state index contributed by atoms with van der Waals surface area (Å²) in [6.07, 6.45) is -4.53. The number of benzene rings is 1. The predicted octanol–water partition coefficient (Wildman–Crippen LogP) is 4.27. The van der Waals surface area contributed by atoms with Crippen LogP contribution in [0.5, 0.6) is 23.1 Å². The molecule has 0 bridgehead atoms. The first-order valence-corrected chi connectivity index (χ1v) is 6.12. The third kappa shape index (κ3) is 2.97. The fourth-order valence-corrected chi connectivity index (χ4v) is 1.95. The number of hydrogen-bond donors (Lipinski definition) is 0. The average Bonchev–Trinajstić information content (AvgIpc) is 2.84. The van der Waals surface area contributed by atoms with Gasteiger partial charge in [-0.25, -0.2) is 4.98 Å². The van der Waals surface area contributed by atoms with Crippen LogP contribution in [0.4, 0.5) is 13.2 Å². The molecule has 0 saturated heterocycles. The molecule has 0 aliphatic carbocycles. The summed E-state index contributed by atoms with van der Waals surface area (Å²) in [5.74, 6) is 0.999. The van der Waals surface area contributed by atoms with E-state index in [4.69, 9.17) is 25.8 Å². The van der Waals surface area contributed by atoms with E-state index in [1.54, 1.807) is 6.07 Å². The van der Waals surface area contributed by atoms with Gasteiger partial charge in [-0.1, -0.05) is 11.6 Å². The number of nitrogens with zero attached hydrogens (tertiary/aromatic N) is 1. The summed E-state index contributed by atoms with van der Waals surface area (Å²) >= 11 is 5.58. The second kappa shape index (κ2) is 5.00. The Morgan fingerprint density at radius 2 is 1.86 bits per heavy atom. The van der Waals surface area contributed by atoms with Gasteiger partial charge in [0.15, 0.2) is 11.5 Å². The Bertz CT molecular complexity index is 691. The van der Waals surface area contributed by atoms with Crippen LogP contribution < -0.4 is 14.2 Å². The third-order valence-electron chi connectivity index (χ3n) is 2.66. The summed E-state index contributed by atoms with van der Waals surface area (Å²) in [6.45, 7) is 0.0897. The van der Waals surface area contributed by atoms with Gasteiger partial charge in [-0.05, 0) is 18.2 Å². The van der Waals surface area contributed by atoms with E-state index in [9.17, 15) is 13.2 Å². The summed E-state index contributed by atoms with van der Waals surface area (Å²) in [5.41, 5.74) is -0.932. The van der Waals surface area contributed by atoms with Gasteiger partial charge in [-0.2, -0.15) is 13.2 Å². The van der Waals surface area contributed by atoms with Crippen molar-refractivity contribution in [2.45, 2.75) is 6.18 Å². The van der Waals surface area contributed by atoms with E-state index in [2.05, 4.69) is 4.98 Å². The highest BCUT2D eigenvalue weighted by molar-refractivity contribution is 6.29. The lowest BCUT2D eigenvalue weighted by atomic mass is 10.2. The molecule has 21 heavy (non-hydrogen) atoms. The summed E-state index contributed by atoms with van der Waals surface area (Å²) in [7, 11) is 0. The molecule has 0 N–H and O–H groups in total. The highest BCUT2D eigenvalue weighted by Gasteiger charge is 2.32. The maximum absolute atomic E-state index is 12.7. The second-order valence-corrected chi connectivity index (χ2v) is 4.52. The summed E-state index contributed by atoms with van der Waals surface area (Å²) < 4.78 is 53.6. The molecule has 1 aromatic carbocycles. The van der Waals surface area contributed by atoms with Crippen molar-refractivity contribution < 1.29 is 27.4 Å². The van der Waals surface area contributed by atoms with Crippen LogP contribution in [0.2, 0.25) is 5.15 Å². The molecule has 1 aliphatic rings. The smallest absolute Gasteiger partial charge is 0.416 e. The number of halogens is 4. The Balaban J connectivity index is 1.89. The molecule has 1 aromatic heterocycles. The van der Waals surface area contributed by atoms with Crippen molar-refractivity contribution in [3.05, 3.63) is 41.0 Å². The van der Waals surface area contributed by atoms with Crippen molar-refractivity contribution in [3.63, 3.8) is 0 Å². The maximum Gasteiger partial charge on any atom is 0.416 e. The average molecular weight is 318 g/mol. The number of ether oxygens (including phenoxy) is 3. The SMILES string of the molecule is FC(F)(F)c1cc(Cl)nc(Oc2ccc3c(c2)OCO3)c1. The van der Waals surface area contributed by atoms with Crippen LogP contribution in [-0.2, 0) is 6.18 Å². The fraction of sp³-hybridized carbons (Fsp3) is 0.154. The van der Waals surface area contributed by atoms with Gasteiger partial charge in [0.2, 0.25) is 12.7 Å². The van der Waals surface area contributed by atoms with Crippen LogP contribution in [0.3, 0.4) is 0 Å². The summed E-state index contributed by atoms with van der Waals surface area (Å²) in [6, 6.07) is 6.12. The number of rotatable bonds is 2. The zero-order valence-corrected chi connectivity index (χ0v) is 11.0. The van der Waals surface area contributed by atoms with Crippen molar-refractivity contribution in [3.8, 4) is 23.1 Å². The molecule has 2 aromatic rings. The van der Waals surface area contributed by atoms with Crippen LogP contribution >= 0.6 is 11.6 Å². The molecule has 0 fully saturated rings. The molecule has 2 heterocycles. The molecule has 8 heteroatoms. The van der Waals surface area contributed by atoms with E-state index in [0.717, 1.165) is 12.1 Å². The Hall–Kier alpha value is -2.15. The molecule has 3 rings (SSSR count). The standard InChI is InChI=1S/C13H7ClF3NO3/c14-11-3-7(13(15,16)17)4-12(18-11)21-8-1-2-9-10(5-8)20-6-19-9/h1-5H,6H2. The number of pyridine rings is 1. The van der Waals surface area contributed by atoms with Crippen LogP contribution in [0, 0.1) is 0 Å². The van der Waals surface area contributed by atoms with Gasteiger partial charge >= 0.3 is 6.18 Å². The predicted molar refractivity (Wildman–Crippen MR) is 66.9 cm³/mol. The van der Waals surface area contributed by atoms with E-state index in [-0.39, 0.29) is 23.6 Å². The van der Waals surface area contributed by atoms with Gasteiger partial charge in [-0.15, -0.1) is 0 Å². The van der Waals surface area contributed by atoms with Crippen LogP contribution in [0.15, 0.2) is 30.3 Å². The minimum atomic E-state index is -4.53. The van der Waals surface area contributed by atoms with Gasteiger partial charge < -0.3 is 14.2 Å². The third-order valence-corrected chi connectivity index (χ3v) is 2.86. The second-order valence-electron chi connectivity index (χ2n) is 4.13. The molecule has 0 spiro atoms. The Kier molecular flexibility index (Phi) is 3.29. The zero-order valence-electron chi connectivity index (χ0n) is 10.3. The van der Waals surface area contributed by atoms with Crippen molar-refractivity contribution in [2.75, 3.05) is 6.79 Å². The van der Waals surface area contributed by atoms with Gasteiger partial charge in [0, 0.05) is 12.1 Å². The minimum absolute atomic E-state index is 0.0897. The largest absolute Gasteiger partial charge is 0.454 e. The number of hydrogen-bond acceptors (Lipinski definition) is 4. The van der Waals surface area contributed by atoms with E-state index in [1.165, 1.54) is 12.1 Å². The monoisotopic (exact) mass is 317 g/mol. The van der Waals surface area contributed by atoms with Crippen LogP contribution in [0.1, 0.15) is 5.56 Å².